The van der Waals surface area contributed by atoms with E-state index in [9.17, 15) is 91.2 Å². The molecule has 1 saturated heterocycles. The lowest BCUT2D eigenvalue weighted by Crippen LogP contribution is -2.51. The predicted octanol–water partition coefficient (Wildman–Crippen LogP) is 11.4. The number of anilines is 3. The molecule has 7 N–H and O–H groups in total. The molecule has 0 bridgehead atoms. The maximum absolute atomic E-state index is 12.2. The van der Waals surface area contributed by atoms with Crippen molar-refractivity contribution in [1.82, 2.24) is 16.0 Å². The molecule has 0 spiro atoms. The lowest BCUT2D eigenvalue weighted by molar-refractivity contribution is -0.147. The molecule has 0 aliphatic carbocycles. The van der Waals surface area contributed by atoms with E-state index in [0.717, 1.165) is 4.90 Å². The standard InChI is InChI=1S/2C14H17F3N2O3.C13H13F3N2O2.C8H6F3NO.C5H11NO2/c2*1-13(2,11(20)22-3)19-12(21)18-10-6-4-9(5-7-10)8-14(15,16)17;1-12(2)10(19)18(11(20)17-12)9-5-3-8(4-6-9)7-13(14,15)16;9-8(10,11)5-6-1-3-7(12-13)4-2-6;1-5(2,6)4(7)8-3/h2*4-7H,8H2,1-3H3,(H2,18,19,21);3-6H,7H2,1-2H3,(H,17,20);1-4H,5H2;6H2,1-3H3. The van der Waals surface area contributed by atoms with Crippen LogP contribution >= 0.6 is 0 Å². The Morgan fingerprint density at radius 1 is 0.506 bits per heavy atom. The Labute approximate surface area is 480 Å². The molecule has 4 aromatic carbocycles. The third-order valence-corrected chi connectivity index (χ3v) is 10.6. The number of esters is 3. The fraction of sp³-hybridized carbons (Fsp3) is 0.426. The molecule has 0 radical (unpaired) electrons. The molecule has 0 atom stereocenters. The van der Waals surface area contributed by atoms with Crippen LogP contribution in [0.15, 0.2) is 102 Å². The van der Waals surface area contributed by atoms with Gasteiger partial charge in [-0.15, -0.1) is 4.91 Å². The highest BCUT2D eigenvalue weighted by atomic mass is 19.4. The Balaban J connectivity index is 0.000000550. The van der Waals surface area contributed by atoms with Crippen LogP contribution in [0.2, 0.25) is 0 Å². The van der Waals surface area contributed by atoms with Crippen LogP contribution in [-0.4, -0.2) is 110 Å². The Morgan fingerprint density at radius 2 is 0.788 bits per heavy atom. The predicted molar refractivity (Wildman–Crippen MR) is 287 cm³/mol. The number of ether oxygens (including phenoxy) is 3. The van der Waals surface area contributed by atoms with E-state index >= 15 is 0 Å². The summed E-state index contributed by atoms with van der Waals surface area (Å²) in [5, 5.41) is 14.7. The van der Waals surface area contributed by atoms with Crippen LogP contribution in [0.4, 0.5) is 89.8 Å². The van der Waals surface area contributed by atoms with E-state index < -0.39 is 114 Å². The average molecular weight is 1230 g/mol. The van der Waals surface area contributed by atoms with Gasteiger partial charge < -0.3 is 46.5 Å². The zero-order valence-corrected chi connectivity index (χ0v) is 47.6. The summed E-state index contributed by atoms with van der Waals surface area (Å²) in [4.78, 5) is 91.4. The SMILES string of the molecule is CC1(C)NC(=O)N(c2ccc(CC(F)(F)F)cc2)C1=O.COC(=O)C(C)(C)N.COC(=O)C(C)(C)NC(=O)Nc1ccc(CC(F)(F)F)cc1.COC(=O)C(C)(C)NC(=O)Nc1ccc(CC(F)(F)F)cc1.O=Nc1ccc(CC(F)(F)F)cc1. The van der Waals surface area contributed by atoms with Crippen LogP contribution in [0.1, 0.15) is 77.6 Å². The van der Waals surface area contributed by atoms with Gasteiger partial charge in [0.2, 0.25) is 0 Å². The molecule has 470 valence electrons. The highest BCUT2D eigenvalue weighted by Gasteiger charge is 2.45. The Kier molecular flexibility index (Phi) is 27.1. The minimum atomic E-state index is -4.29. The van der Waals surface area contributed by atoms with Gasteiger partial charge in [0, 0.05) is 11.4 Å². The van der Waals surface area contributed by atoms with Crippen LogP contribution < -0.4 is 37.2 Å². The van der Waals surface area contributed by atoms with Gasteiger partial charge in [-0.1, -0.05) is 48.5 Å². The van der Waals surface area contributed by atoms with Gasteiger partial charge in [0.25, 0.3) is 5.91 Å². The second kappa shape index (κ2) is 30.9. The Morgan fingerprint density at radius 3 is 1.01 bits per heavy atom. The molecule has 1 heterocycles. The number of imide groups is 1. The minimum absolute atomic E-state index is 0.0764. The second-order valence-electron chi connectivity index (χ2n) is 20.3. The third-order valence-electron chi connectivity index (χ3n) is 10.6. The largest absolute Gasteiger partial charge is 0.468 e. The summed E-state index contributed by atoms with van der Waals surface area (Å²) in [6, 6.07) is 18.8. The summed E-state index contributed by atoms with van der Waals surface area (Å²) in [5.41, 5.74) is 2.38. The van der Waals surface area contributed by atoms with E-state index in [4.69, 9.17) is 5.73 Å². The van der Waals surface area contributed by atoms with Crippen LogP contribution in [0.25, 0.3) is 0 Å². The van der Waals surface area contributed by atoms with Crippen molar-refractivity contribution in [2.24, 2.45) is 10.9 Å². The van der Waals surface area contributed by atoms with E-state index in [1.165, 1.54) is 146 Å². The van der Waals surface area contributed by atoms with Crippen molar-refractivity contribution >= 4 is 64.7 Å². The molecule has 1 fully saturated rings. The molecule has 4 aromatic rings. The highest BCUT2D eigenvalue weighted by molar-refractivity contribution is 6.23. The summed E-state index contributed by atoms with van der Waals surface area (Å²) >= 11 is 0. The van der Waals surface area contributed by atoms with Crippen LogP contribution in [0.3, 0.4) is 0 Å². The fourth-order valence-corrected chi connectivity index (χ4v) is 6.53. The monoisotopic (exact) mass is 1230 g/mol. The number of nitroso groups, excluding NO2 is 1. The van der Waals surface area contributed by atoms with Gasteiger partial charge in [0.05, 0.1) is 52.7 Å². The maximum Gasteiger partial charge on any atom is 0.393 e. The molecule has 19 nitrogen and oxygen atoms in total. The number of nitrogens with one attached hydrogen (secondary N) is 5. The number of hydrogen-bond acceptors (Lipinski definition) is 13. The van der Waals surface area contributed by atoms with Crippen molar-refractivity contribution in [2.45, 2.75) is 128 Å². The van der Waals surface area contributed by atoms with E-state index in [2.05, 4.69) is 46.0 Å². The summed E-state index contributed by atoms with van der Waals surface area (Å²) in [5.74, 6) is -2.07. The third kappa shape index (κ3) is 29.0. The van der Waals surface area contributed by atoms with E-state index in [0.29, 0.717) is 11.4 Å². The number of carbonyl (C=O) groups is 7. The van der Waals surface area contributed by atoms with Gasteiger partial charge in [-0.05, 0) is 131 Å². The van der Waals surface area contributed by atoms with Crippen LogP contribution in [0.5, 0.6) is 0 Å². The molecule has 85 heavy (non-hydrogen) atoms. The molecule has 7 amide bonds. The van der Waals surface area contributed by atoms with Crippen molar-refractivity contribution in [3.05, 3.63) is 124 Å². The van der Waals surface area contributed by atoms with Gasteiger partial charge in [-0.2, -0.15) is 52.7 Å². The van der Waals surface area contributed by atoms with Gasteiger partial charge in [0.15, 0.2) is 0 Å². The minimum Gasteiger partial charge on any atom is -0.468 e. The fourth-order valence-electron chi connectivity index (χ4n) is 6.53. The van der Waals surface area contributed by atoms with E-state index in [1.54, 1.807) is 27.7 Å². The number of carbonyl (C=O) groups excluding carboxylic acids is 7. The van der Waals surface area contributed by atoms with Crippen molar-refractivity contribution < 1.29 is 100 Å². The van der Waals surface area contributed by atoms with Crippen molar-refractivity contribution in [3.63, 3.8) is 0 Å². The first-order valence-electron chi connectivity index (χ1n) is 24.5. The summed E-state index contributed by atoms with van der Waals surface area (Å²) in [6.45, 7) is 12.2. The van der Waals surface area contributed by atoms with Crippen molar-refractivity contribution in [2.75, 3.05) is 36.9 Å². The summed E-state index contributed by atoms with van der Waals surface area (Å²) in [6.07, 6.45) is -21.1. The number of hydrogen-bond donors (Lipinski definition) is 6. The number of alkyl halides is 12. The molecule has 5 rings (SSSR count). The summed E-state index contributed by atoms with van der Waals surface area (Å²) < 4.78 is 159. The lowest BCUT2D eigenvalue weighted by atomic mass is 10.1. The topological polar surface area (TPSA) is 266 Å². The number of rotatable bonds is 13. The summed E-state index contributed by atoms with van der Waals surface area (Å²) in [7, 11) is 3.71. The lowest BCUT2D eigenvalue weighted by Gasteiger charge is -2.23. The molecule has 0 unspecified atom stereocenters. The van der Waals surface area contributed by atoms with Crippen molar-refractivity contribution in [1.29, 1.82) is 0 Å². The molecule has 1 aliphatic heterocycles. The number of urea groups is 3. The molecular formula is C54H64F12N8O11. The van der Waals surface area contributed by atoms with Gasteiger partial charge >= 0.3 is 60.7 Å². The highest BCUT2D eigenvalue weighted by Crippen LogP contribution is 2.28. The van der Waals surface area contributed by atoms with Crippen LogP contribution in [0, 0.1) is 4.91 Å². The van der Waals surface area contributed by atoms with E-state index in [-0.39, 0.29) is 33.6 Å². The first kappa shape index (κ1) is 74.5. The Hall–Kier alpha value is -8.51. The number of benzene rings is 4. The first-order valence-corrected chi connectivity index (χ1v) is 24.5. The quantitative estimate of drug-likeness (QED) is 0.0240. The van der Waals surface area contributed by atoms with Gasteiger partial charge in [-0.3, -0.25) is 9.59 Å². The normalized spacial score (nSPS) is 13.2. The van der Waals surface area contributed by atoms with Crippen molar-refractivity contribution in [3.8, 4) is 0 Å². The average Bonchev–Trinajstić information content (AvgIpc) is 2.06. The number of amides is 7. The van der Waals surface area contributed by atoms with E-state index in [1.807, 2.05) is 0 Å². The second-order valence-corrected chi connectivity index (χ2v) is 20.3. The first-order chi connectivity index (χ1) is 38.7. The molecule has 0 saturated carbocycles. The zero-order chi connectivity index (χ0) is 65.7. The molecule has 1 aliphatic rings. The van der Waals surface area contributed by atoms with Crippen LogP contribution in [-0.2, 0) is 59.1 Å². The zero-order valence-electron chi connectivity index (χ0n) is 47.6. The number of nitrogens with zero attached hydrogens (tertiary/aromatic N) is 2. The number of halogens is 12. The Bertz CT molecular complexity index is 2770. The smallest absolute Gasteiger partial charge is 0.393 e. The van der Waals surface area contributed by atoms with Gasteiger partial charge in [0.1, 0.15) is 27.8 Å². The van der Waals surface area contributed by atoms with Gasteiger partial charge in [-0.25, -0.2) is 28.9 Å². The number of methoxy groups -OCH3 is 3. The number of nitrogens with two attached hydrogens (primary N) is 1. The molecular weight excluding hydrogens is 1160 g/mol. The molecule has 0 aromatic heterocycles. The maximum atomic E-state index is 12.2. The molecule has 31 heteroatoms.